The van der Waals surface area contributed by atoms with Crippen LogP contribution in [-0.4, -0.2) is 310 Å². The molecule has 574 valence electrons. The van der Waals surface area contributed by atoms with Crippen LogP contribution in [0.1, 0.15) is 107 Å². The molecule has 39 heteroatoms. The Morgan fingerprint density at radius 1 is 0.500 bits per heavy atom. The number of aromatic nitrogens is 7. The van der Waals surface area contributed by atoms with Gasteiger partial charge < -0.3 is 81.0 Å². The molecule has 4 aromatic rings. The van der Waals surface area contributed by atoms with Crippen molar-refractivity contribution < 1.29 is 99.0 Å². The summed E-state index contributed by atoms with van der Waals surface area (Å²) in [6.07, 6.45) is 12.3. The lowest BCUT2D eigenvalue weighted by molar-refractivity contribution is -0.142. The summed E-state index contributed by atoms with van der Waals surface area (Å²) in [5.74, 6) is -8.47. The number of carboxylic acids is 8. The minimum Gasteiger partial charge on any atom is -0.480 e. The van der Waals surface area contributed by atoms with Crippen molar-refractivity contribution in [2.45, 2.75) is 147 Å². The van der Waals surface area contributed by atoms with Crippen LogP contribution >= 0.6 is 0 Å². The van der Waals surface area contributed by atoms with Crippen LogP contribution in [-0.2, 0) is 75.8 Å². The Balaban J connectivity index is 1.11. The maximum Gasteiger partial charge on any atom is 0.334 e. The number of amides is 3. The number of hydrogen-bond donors (Lipinski definition) is 15. The maximum absolute atomic E-state index is 13.1. The number of nitrogens with zero attached hydrogens (tertiary/aromatic N) is 14. The third-order valence-corrected chi connectivity index (χ3v) is 17.6. The van der Waals surface area contributed by atoms with Gasteiger partial charge in [0.05, 0.1) is 39.3 Å². The van der Waals surface area contributed by atoms with Gasteiger partial charge in [-0.2, -0.15) is 15.0 Å². The first-order chi connectivity index (χ1) is 49.7. The van der Waals surface area contributed by atoms with Crippen molar-refractivity contribution in [3.63, 3.8) is 0 Å². The summed E-state index contributed by atoms with van der Waals surface area (Å²) in [5, 5.41) is 105. The lowest BCUT2D eigenvalue weighted by Gasteiger charge is -2.37. The Morgan fingerprint density at radius 3 is 1.56 bits per heavy atom. The second-order valence-electron chi connectivity index (χ2n) is 25.8. The van der Waals surface area contributed by atoms with Gasteiger partial charge in [-0.05, 0) is 75.7 Å². The fourth-order valence-corrected chi connectivity index (χ4v) is 12.2. The van der Waals surface area contributed by atoms with Gasteiger partial charge in [0.2, 0.25) is 23.8 Å². The van der Waals surface area contributed by atoms with Crippen LogP contribution in [0.2, 0.25) is 0 Å². The number of carbonyl (C=O) groups is 10. The molecule has 3 amide bonds. The van der Waals surface area contributed by atoms with Gasteiger partial charge in [-0.3, -0.25) is 68.4 Å². The monoisotopic (exact) mass is 1470 g/mol. The summed E-state index contributed by atoms with van der Waals surface area (Å²) in [7, 11) is 0. The Bertz CT molecular complexity index is 3350. The molecule has 3 atom stereocenters. The quantitative estimate of drug-likeness (QED) is 0.0156. The molecule has 2 aliphatic heterocycles. The Hall–Kier alpha value is -9.77. The fraction of sp³-hybridized carbons (Fsp3) is 0.615. The van der Waals surface area contributed by atoms with Crippen LogP contribution in [0.25, 0.3) is 0 Å². The summed E-state index contributed by atoms with van der Waals surface area (Å²) >= 11 is 0. The summed E-state index contributed by atoms with van der Waals surface area (Å²) in [5.41, 5.74) is 5.57. The predicted octanol–water partition coefficient (Wildman–Crippen LogP) is -0.106. The van der Waals surface area contributed by atoms with Crippen LogP contribution in [0.15, 0.2) is 49.1 Å². The number of hydrazine groups is 1. The summed E-state index contributed by atoms with van der Waals surface area (Å²) in [6.45, 7) is 2.49. The number of rotatable bonds is 45. The number of aliphatic hydroxyl groups excluding tert-OH is 1. The number of imidazole rings is 2. The van der Waals surface area contributed by atoms with Crippen molar-refractivity contribution in [1.29, 1.82) is 0 Å². The summed E-state index contributed by atoms with van der Waals surface area (Å²) in [6, 6.07) is 2.93. The summed E-state index contributed by atoms with van der Waals surface area (Å²) in [4.78, 5) is 156. The molecule has 104 heavy (non-hydrogen) atoms. The van der Waals surface area contributed by atoms with E-state index >= 15 is 0 Å². The van der Waals surface area contributed by atoms with Crippen LogP contribution < -0.4 is 31.7 Å². The minimum absolute atomic E-state index is 0.0327. The molecule has 0 radical (unpaired) electrons. The Labute approximate surface area is 599 Å². The number of aliphatic carboxylic acids is 8. The molecular formula is C65H99N19O20. The second kappa shape index (κ2) is 44.0. The van der Waals surface area contributed by atoms with E-state index in [-0.39, 0.29) is 135 Å². The van der Waals surface area contributed by atoms with Gasteiger partial charge in [0.15, 0.2) is 6.29 Å². The highest BCUT2D eigenvalue weighted by molar-refractivity contribution is 5.85. The number of anilines is 4. The molecule has 0 aliphatic carbocycles. The zero-order chi connectivity index (χ0) is 75.5. The highest BCUT2D eigenvalue weighted by Gasteiger charge is 2.30. The normalized spacial score (nSPS) is 16.0. The van der Waals surface area contributed by atoms with Gasteiger partial charge in [-0.1, -0.05) is 50.7 Å². The second-order valence-corrected chi connectivity index (χ2v) is 25.8. The number of unbranched alkanes of at least 4 members (excludes halogenated alkanes) is 8. The van der Waals surface area contributed by atoms with Crippen LogP contribution in [0, 0.1) is 0 Å². The lowest BCUT2D eigenvalue weighted by Crippen LogP contribution is -2.53. The molecule has 2 saturated heterocycles. The zero-order valence-corrected chi connectivity index (χ0v) is 58.2. The lowest BCUT2D eigenvalue weighted by atomic mass is 10.0. The smallest absolute Gasteiger partial charge is 0.334 e. The molecule has 15 N–H and O–H groups in total. The van der Waals surface area contributed by atoms with Crippen molar-refractivity contribution in [2.24, 2.45) is 0 Å². The van der Waals surface area contributed by atoms with E-state index in [2.05, 4.69) is 46.7 Å². The van der Waals surface area contributed by atoms with Gasteiger partial charge in [-0.25, -0.2) is 29.8 Å². The van der Waals surface area contributed by atoms with Crippen molar-refractivity contribution in [2.75, 3.05) is 127 Å². The van der Waals surface area contributed by atoms with Crippen molar-refractivity contribution in [3.8, 4) is 0 Å². The van der Waals surface area contributed by atoms with E-state index < -0.39 is 97.2 Å². The molecule has 1 aromatic carbocycles. The molecule has 0 saturated carbocycles. The molecule has 39 nitrogen and oxygen atoms in total. The Morgan fingerprint density at radius 2 is 1.01 bits per heavy atom. The molecule has 0 spiro atoms. The fourth-order valence-electron chi connectivity index (χ4n) is 12.2. The van der Waals surface area contributed by atoms with E-state index in [0.717, 1.165) is 57.1 Å². The first-order valence-corrected chi connectivity index (χ1v) is 34.7. The Kier molecular flexibility index (Phi) is 35.2. The molecule has 1 unspecified atom stereocenters. The number of piperazine rings is 1. The molecule has 5 heterocycles. The third-order valence-electron chi connectivity index (χ3n) is 17.6. The molecule has 0 bridgehead atoms. The number of hydrogen-bond acceptors (Lipinski definition) is 26. The average molecular weight is 1470 g/mol. The minimum atomic E-state index is -1.73. The number of carboxylic acid groups (broad SMARTS) is 8. The number of urea groups is 1. The SMILES string of the molecule is O=C(O)CN1CCN(CC(=O)O)CCN(CC(=O)O)C(Cc2ccc(Nc3nc(N[C@@H](CCCCN(Cc4nccn4CC(=O)O)Cc4nccn4CC(=O)O)C(=O)O)nc(N4CCN(CCCCCCCCCCC(=O)NNC(=O)N[C@@H](CCC(O)O)C(=O)O)CC4)n3)cc2)CN(CC(=O)O)CC1. The maximum atomic E-state index is 13.1. The average Bonchev–Trinajstić information content (AvgIpc) is 0.892. The van der Waals surface area contributed by atoms with Crippen molar-refractivity contribution in [1.82, 2.24) is 79.6 Å². The van der Waals surface area contributed by atoms with Gasteiger partial charge in [0.25, 0.3) is 0 Å². The van der Waals surface area contributed by atoms with E-state index in [9.17, 15) is 88.8 Å². The molecule has 6 rings (SSSR count). The standard InChI is InChI=1S/C65H99N19O20/c85-52(74-75-65(104)70-49(61(102)103)17-18-53(86)87)12-7-5-3-1-2-4-6-9-21-76-29-32-81(33-30-76)64-72-62(71-63(73-64)69-48(60(100)101)11-8-10-22-79(37-50-66-19-23-83(50)43-58(96)97)38-51-67-20-24-84(51)44-59(98)99)68-46-15-13-45(14-16-46)35-47-36-80(41-56(92)93)28-27-77(39-54(88)89)25-26-78(40-55(90)91)31-34-82(47)42-57(94)95/h13-16,19-20,23-24,47-49,53,86-87H,1-12,17-18,21-22,25-44H2,(H,74,85)(H,88,89)(H,90,91)(H,92,93)(H,94,95)(H,96,97)(H,98,99)(H,100,101)(H,102,103)(H2,70,75,104)(H2,68,69,71,72,73)/t47?,48-,49-/m0/s1. The third kappa shape index (κ3) is 31.9. The van der Waals surface area contributed by atoms with Crippen LogP contribution in [0.5, 0.6) is 0 Å². The van der Waals surface area contributed by atoms with E-state index in [0.29, 0.717) is 69.3 Å². The van der Waals surface area contributed by atoms with Gasteiger partial charge >= 0.3 is 53.8 Å². The zero-order valence-electron chi connectivity index (χ0n) is 58.2. The van der Waals surface area contributed by atoms with Crippen molar-refractivity contribution in [3.05, 3.63) is 66.3 Å². The van der Waals surface area contributed by atoms with Gasteiger partial charge in [0, 0.05) is 121 Å². The first-order valence-electron chi connectivity index (χ1n) is 34.7. The van der Waals surface area contributed by atoms with E-state index in [1.54, 1.807) is 56.3 Å². The first kappa shape index (κ1) is 83.2. The predicted molar refractivity (Wildman–Crippen MR) is 370 cm³/mol. The van der Waals surface area contributed by atoms with Crippen molar-refractivity contribution >= 4 is 83.2 Å². The highest BCUT2D eigenvalue weighted by atomic mass is 16.5. The number of aliphatic hydroxyl groups is 2. The molecule has 3 aromatic heterocycles. The van der Waals surface area contributed by atoms with Crippen LogP contribution in [0.4, 0.5) is 28.3 Å². The molecule has 2 fully saturated rings. The number of carbonyl (C=O) groups excluding carboxylic acids is 2. The number of nitrogens with one attached hydrogen (secondary N) is 5. The molecular weight excluding hydrogens is 1370 g/mol. The largest absolute Gasteiger partial charge is 0.480 e. The topological polar surface area (TPSA) is 530 Å². The van der Waals surface area contributed by atoms with E-state index in [1.165, 1.54) is 21.5 Å². The van der Waals surface area contributed by atoms with E-state index in [4.69, 9.17) is 20.2 Å². The highest BCUT2D eigenvalue weighted by Crippen LogP contribution is 2.24. The summed E-state index contributed by atoms with van der Waals surface area (Å²) < 4.78 is 2.97. The van der Waals surface area contributed by atoms with Gasteiger partial charge in [0.1, 0.15) is 36.8 Å². The molecule has 2 aliphatic rings. The number of benzene rings is 1. The van der Waals surface area contributed by atoms with Gasteiger partial charge in [-0.15, -0.1) is 0 Å². The van der Waals surface area contributed by atoms with E-state index in [1.807, 2.05) is 9.80 Å². The van der Waals surface area contributed by atoms with Crippen LogP contribution in [0.3, 0.4) is 0 Å².